The van der Waals surface area contributed by atoms with Crippen LogP contribution in [0, 0.1) is 5.82 Å². The normalized spacial score (nSPS) is 12.0. The highest BCUT2D eigenvalue weighted by Gasteiger charge is 2.10. The third kappa shape index (κ3) is 5.26. The average molecular weight is 270 g/mol. The number of halogens is 1. The van der Waals surface area contributed by atoms with E-state index in [1.54, 1.807) is 13.0 Å². The molecule has 1 aromatic rings. The summed E-state index contributed by atoms with van der Waals surface area (Å²) in [6.07, 6.45) is 0.981. The van der Waals surface area contributed by atoms with Crippen molar-refractivity contribution in [2.45, 2.75) is 32.8 Å². The van der Waals surface area contributed by atoms with E-state index in [0.717, 1.165) is 12.8 Å². The molecule has 0 aliphatic heterocycles. The second-order valence-corrected chi connectivity index (χ2v) is 4.23. The zero-order valence-corrected chi connectivity index (χ0v) is 11.2. The average Bonchev–Trinajstić information content (AvgIpc) is 2.37. The summed E-state index contributed by atoms with van der Waals surface area (Å²) < 4.78 is 23.5. The third-order valence-corrected chi connectivity index (χ3v) is 2.54. The second-order valence-electron chi connectivity index (χ2n) is 4.23. The molecule has 5 heteroatoms. The number of hydrogen-bond donors (Lipinski definition) is 1. The van der Waals surface area contributed by atoms with Gasteiger partial charge in [0.25, 0.3) is 0 Å². The Morgan fingerprint density at radius 2 is 2.21 bits per heavy atom. The molecule has 19 heavy (non-hydrogen) atoms. The smallest absolute Gasteiger partial charge is 0.344 e. The van der Waals surface area contributed by atoms with Crippen molar-refractivity contribution in [2.75, 3.05) is 13.2 Å². The molecule has 0 unspecified atom stereocenters. The molecule has 0 aromatic heterocycles. The molecule has 0 aliphatic carbocycles. The molecule has 0 heterocycles. The summed E-state index contributed by atoms with van der Waals surface area (Å²) in [5, 5.41) is 9.30. The number of aliphatic hydroxyl groups is 1. The van der Waals surface area contributed by atoms with Crippen molar-refractivity contribution in [3.05, 3.63) is 29.6 Å². The Bertz CT molecular complexity index is 418. The number of unbranched alkanes of at least 4 members (excludes halogenated alkanes) is 1. The summed E-state index contributed by atoms with van der Waals surface area (Å²) >= 11 is 0. The molecule has 1 atom stereocenters. The van der Waals surface area contributed by atoms with E-state index in [-0.39, 0.29) is 12.4 Å². The molecular weight excluding hydrogens is 251 g/mol. The zero-order chi connectivity index (χ0) is 14.3. The maximum absolute atomic E-state index is 13.6. The lowest BCUT2D eigenvalue weighted by molar-refractivity contribution is -0.146. The summed E-state index contributed by atoms with van der Waals surface area (Å²) in [5.74, 6) is -1.16. The van der Waals surface area contributed by atoms with Crippen LogP contribution in [0.4, 0.5) is 4.39 Å². The van der Waals surface area contributed by atoms with Gasteiger partial charge in [-0.15, -0.1) is 0 Å². The van der Waals surface area contributed by atoms with Crippen LogP contribution in [-0.4, -0.2) is 24.3 Å². The zero-order valence-electron chi connectivity index (χ0n) is 11.2. The molecule has 1 N–H and O–H groups in total. The molecular formula is C14H19FO4. The van der Waals surface area contributed by atoms with Crippen molar-refractivity contribution in [2.24, 2.45) is 0 Å². The molecule has 0 spiro atoms. The predicted molar refractivity (Wildman–Crippen MR) is 68.4 cm³/mol. The molecule has 0 bridgehead atoms. The minimum atomic E-state index is -0.748. The van der Waals surface area contributed by atoms with Crippen LogP contribution in [0.25, 0.3) is 0 Å². The molecule has 0 radical (unpaired) electrons. The van der Waals surface area contributed by atoms with E-state index >= 15 is 0 Å². The lowest BCUT2D eigenvalue weighted by atomic mass is 10.1. The van der Waals surface area contributed by atoms with Crippen LogP contribution in [-0.2, 0) is 9.53 Å². The van der Waals surface area contributed by atoms with Gasteiger partial charge in [-0.25, -0.2) is 9.18 Å². The lowest BCUT2D eigenvalue weighted by Crippen LogP contribution is -2.16. The van der Waals surface area contributed by atoms with Crippen LogP contribution in [0.15, 0.2) is 18.2 Å². The van der Waals surface area contributed by atoms with Crippen molar-refractivity contribution in [1.82, 2.24) is 0 Å². The van der Waals surface area contributed by atoms with Crippen molar-refractivity contribution < 1.29 is 23.8 Å². The number of ether oxygens (including phenoxy) is 2. The van der Waals surface area contributed by atoms with E-state index in [0.29, 0.717) is 12.2 Å². The standard InChI is InChI=1S/C14H19FO4/c1-3-4-7-18-14(17)9-19-13-6-5-11(10(2)16)8-12(13)15/h5-6,8,10,16H,3-4,7,9H2,1-2H3/t10-/m0/s1. The highest BCUT2D eigenvalue weighted by Crippen LogP contribution is 2.21. The summed E-state index contributed by atoms with van der Waals surface area (Å²) in [7, 11) is 0. The van der Waals surface area contributed by atoms with E-state index in [4.69, 9.17) is 9.47 Å². The van der Waals surface area contributed by atoms with E-state index in [1.165, 1.54) is 12.1 Å². The van der Waals surface area contributed by atoms with Crippen LogP contribution in [0.5, 0.6) is 5.75 Å². The molecule has 106 valence electrons. The van der Waals surface area contributed by atoms with Crippen molar-refractivity contribution in [3.63, 3.8) is 0 Å². The third-order valence-electron chi connectivity index (χ3n) is 2.54. The van der Waals surface area contributed by atoms with Gasteiger partial charge in [0.1, 0.15) is 0 Å². The molecule has 1 rings (SSSR count). The van der Waals surface area contributed by atoms with Gasteiger partial charge in [0.2, 0.25) is 0 Å². The first kappa shape index (κ1) is 15.4. The van der Waals surface area contributed by atoms with E-state index in [9.17, 15) is 14.3 Å². The highest BCUT2D eigenvalue weighted by atomic mass is 19.1. The SMILES string of the molecule is CCCCOC(=O)COc1ccc([C@H](C)O)cc1F. The largest absolute Gasteiger partial charge is 0.479 e. The van der Waals surface area contributed by atoms with E-state index in [2.05, 4.69) is 0 Å². The summed E-state index contributed by atoms with van der Waals surface area (Å²) in [4.78, 5) is 11.3. The van der Waals surface area contributed by atoms with Crippen LogP contribution in [0.1, 0.15) is 38.4 Å². The fraction of sp³-hybridized carbons (Fsp3) is 0.500. The number of hydrogen-bond acceptors (Lipinski definition) is 4. The van der Waals surface area contributed by atoms with Gasteiger partial charge in [-0.05, 0) is 31.0 Å². The number of benzene rings is 1. The number of aliphatic hydroxyl groups excluding tert-OH is 1. The van der Waals surface area contributed by atoms with Gasteiger partial charge in [-0.3, -0.25) is 0 Å². The van der Waals surface area contributed by atoms with Crippen molar-refractivity contribution in [1.29, 1.82) is 0 Å². The topological polar surface area (TPSA) is 55.8 Å². The Morgan fingerprint density at radius 3 is 2.79 bits per heavy atom. The van der Waals surface area contributed by atoms with Crippen LogP contribution in [0.3, 0.4) is 0 Å². The molecule has 0 saturated carbocycles. The first-order chi connectivity index (χ1) is 9.04. The van der Waals surface area contributed by atoms with Gasteiger partial charge >= 0.3 is 5.97 Å². The number of carbonyl (C=O) groups excluding carboxylic acids is 1. The van der Waals surface area contributed by atoms with Gasteiger partial charge in [0.05, 0.1) is 12.7 Å². The fourth-order valence-electron chi connectivity index (χ4n) is 1.40. The van der Waals surface area contributed by atoms with Gasteiger partial charge in [-0.1, -0.05) is 19.4 Å². The fourth-order valence-corrected chi connectivity index (χ4v) is 1.40. The second kappa shape index (κ2) is 7.74. The first-order valence-corrected chi connectivity index (χ1v) is 6.30. The highest BCUT2D eigenvalue weighted by molar-refractivity contribution is 5.71. The lowest BCUT2D eigenvalue weighted by Gasteiger charge is -2.10. The van der Waals surface area contributed by atoms with Crippen LogP contribution in [0.2, 0.25) is 0 Å². The molecule has 0 saturated heterocycles. The number of esters is 1. The van der Waals surface area contributed by atoms with Gasteiger partial charge < -0.3 is 14.6 Å². The molecule has 0 aliphatic rings. The molecule has 4 nitrogen and oxygen atoms in total. The quantitative estimate of drug-likeness (QED) is 0.611. The van der Waals surface area contributed by atoms with Gasteiger partial charge in [-0.2, -0.15) is 0 Å². The molecule has 1 aromatic carbocycles. The maximum Gasteiger partial charge on any atom is 0.344 e. The Morgan fingerprint density at radius 1 is 1.47 bits per heavy atom. The van der Waals surface area contributed by atoms with Crippen LogP contribution < -0.4 is 4.74 Å². The van der Waals surface area contributed by atoms with Crippen LogP contribution >= 0.6 is 0 Å². The first-order valence-electron chi connectivity index (χ1n) is 6.30. The molecule has 0 fully saturated rings. The van der Waals surface area contributed by atoms with Crippen molar-refractivity contribution >= 4 is 5.97 Å². The summed E-state index contributed by atoms with van der Waals surface area (Å²) in [6, 6.07) is 4.12. The minimum absolute atomic E-state index is 0.0307. The predicted octanol–water partition coefficient (Wildman–Crippen LogP) is 2.60. The Balaban J connectivity index is 2.47. The Labute approximate surface area is 112 Å². The maximum atomic E-state index is 13.6. The summed E-state index contributed by atoms with van der Waals surface area (Å²) in [6.45, 7) is 3.56. The summed E-state index contributed by atoms with van der Waals surface area (Å²) in [5.41, 5.74) is 0.454. The van der Waals surface area contributed by atoms with Gasteiger partial charge in [0, 0.05) is 0 Å². The molecule has 0 amide bonds. The number of rotatable bonds is 7. The minimum Gasteiger partial charge on any atom is -0.479 e. The monoisotopic (exact) mass is 270 g/mol. The van der Waals surface area contributed by atoms with Gasteiger partial charge in [0.15, 0.2) is 18.2 Å². The van der Waals surface area contributed by atoms with E-state index < -0.39 is 17.9 Å². The van der Waals surface area contributed by atoms with Crippen molar-refractivity contribution in [3.8, 4) is 5.75 Å². The van der Waals surface area contributed by atoms with E-state index in [1.807, 2.05) is 6.92 Å². The number of carbonyl (C=O) groups is 1. The Kier molecular flexibility index (Phi) is 6.29. The Hall–Kier alpha value is -1.62.